The van der Waals surface area contributed by atoms with E-state index < -0.39 is 5.56 Å². The Hall–Kier alpha value is -2.94. The van der Waals surface area contributed by atoms with E-state index in [2.05, 4.69) is 9.88 Å². The first-order valence-electron chi connectivity index (χ1n) is 12.2. The lowest BCUT2D eigenvalue weighted by molar-refractivity contribution is 0.0678. The summed E-state index contributed by atoms with van der Waals surface area (Å²) in [5.41, 5.74) is 2.93. The smallest absolute Gasteiger partial charge is 0.261 e. The van der Waals surface area contributed by atoms with Crippen molar-refractivity contribution in [3.8, 4) is 0 Å². The number of fused-ring (bicyclic) bond motifs is 1. The van der Waals surface area contributed by atoms with Crippen LogP contribution in [0.5, 0.6) is 0 Å². The number of halogens is 1. The maximum absolute atomic E-state index is 13.6. The summed E-state index contributed by atoms with van der Waals surface area (Å²) < 4.78 is 5.28. The van der Waals surface area contributed by atoms with Crippen molar-refractivity contribution in [2.24, 2.45) is 5.92 Å². The van der Waals surface area contributed by atoms with E-state index in [0.29, 0.717) is 24.7 Å². The summed E-state index contributed by atoms with van der Waals surface area (Å²) in [6.07, 6.45) is 1.92. The highest BCUT2D eigenvalue weighted by Crippen LogP contribution is 2.30. The topological polar surface area (TPSA) is 98.8 Å². The highest BCUT2D eigenvalue weighted by Gasteiger charge is 2.26. The van der Waals surface area contributed by atoms with Crippen molar-refractivity contribution in [3.63, 3.8) is 0 Å². The average molecular weight is 513 g/mol. The summed E-state index contributed by atoms with van der Waals surface area (Å²) in [7, 11) is 1.58. The summed E-state index contributed by atoms with van der Waals surface area (Å²) in [4.78, 5) is 37.8. The molecule has 9 heteroatoms. The molecule has 1 saturated heterocycles. The number of H-pyrrole nitrogens is 1. The second-order valence-corrected chi connectivity index (χ2v) is 9.92. The van der Waals surface area contributed by atoms with Gasteiger partial charge in [-0.3, -0.25) is 9.59 Å². The first kappa shape index (κ1) is 26.1. The number of aliphatic hydroxyl groups is 1. The second-order valence-electron chi connectivity index (χ2n) is 9.48. The molecule has 8 nitrogen and oxygen atoms in total. The van der Waals surface area contributed by atoms with Crippen molar-refractivity contribution in [1.29, 1.82) is 0 Å². The molecule has 1 atom stereocenters. The van der Waals surface area contributed by atoms with Crippen LogP contribution in [0.4, 0.5) is 5.82 Å². The van der Waals surface area contributed by atoms with Gasteiger partial charge in [-0.15, -0.1) is 0 Å². The molecule has 0 bridgehead atoms. The number of carbonyl (C=O) groups is 1. The molecule has 2 N–H and O–H groups in total. The molecule has 1 fully saturated rings. The first-order chi connectivity index (χ1) is 17.3. The van der Waals surface area contributed by atoms with Crippen molar-refractivity contribution in [2.45, 2.75) is 33.2 Å². The number of hydrogen-bond acceptors (Lipinski definition) is 6. The normalized spacial score (nSPS) is 15.9. The molecule has 1 amide bonds. The number of carbonyl (C=O) groups excluding carboxylic acids is 1. The molecule has 1 aliphatic rings. The average Bonchev–Trinajstić information content (AvgIpc) is 2.87. The lowest BCUT2D eigenvalue weighted by atomic mass is 9.98. The van der Waals surface area contributed by atoms with E-state index in [1.54, 1.807) is 18.1 Å². The Balaban J connectivity index is 1.76. The molecule has 2 aromatic heterocycles. The van der Waals surface area contributed by atoms with Crippen LogP contribution in [0.25, 0.3) is 10.9 Å². The van der Waals surface area contributed by atoms with Gasteiger partial charge in [0.05, 0.1) is 12.1 Å². The molecular weight excluding hydrogens is 480 g/mol. The quantitative estimate of drug-likeness (QED) is 0.477. The highest BCUT2D eigenvalue weighted by atomic mass is 35.5. The number of aromatic amines is 1. The predicted molar refractivity (Wildman–Crippen MR) is 142 cm³/mol. The number of nitrogens with zero attached hydrogens (tertiary/aromatic N) is 3. The zero-order valence-corrected chi connectivity index (χ0v) is 21.8. The van der Waals surface area contributed by atoms with E-state index in [1.807, 2.05) is 38.1 Å². The van der Waals surface area contributed by atoms with Gasteiger partial charge in [-0.05, 0) is 62.4 Å². The summed E-state index contributed by atoms with van der Waals surface area (Å²) in [5.74, 6) is 0.585. The van der Waals surface area contributed by atoms with Gasteiger partial charge in [-0.2, -0.15) is 0 Å². The molecular formula is C27H33ClN4O4. The number of pyridine rings is 2. The summed E-state index contributed by atoms with van der Waals surface area (Å²) in [6.45, 7) is 6.21. The lowest BCUT2D eigenvalue weighted by Gasteiger charge is -2.35. The van der Waals surface area contributed by atoms with Crippen LogP contribution in [0.15, 0.2) is 35.1 Å². The molecule has 192 valence electrons. The van der Waals surface area contributed by atoms with Gasteiger partial charge >= 0.3 is 0 Å². The van der Waals surface area contributed by atoms with Gasteiger partial charge in [-0.1, -0.05) is 17.7 Å². The zero-order valence-electron chi connectivity index (χ0n) is 21.0. The van der Waals surface area contributed by atoms with Crippen LogP contribution in [0.2, 0.25) is 5.02 Å². The Kier molecular flexibility index (Phi) is 8.28. The molecule has 3 heterocycles. The number of nitrogens with one attached hydrogen (secondary N) is 1. The number of ether oxygens (including phenoxy) is 1. The van der Waals surface area contributed by atoms with E-state index in [9.17, 15) is 14.7 Å². The van der Waals surface area contributed by atoms with Crippen LogP contribution in [-0.2, 0) is 11.3 Å². The second kappa shape index (κ2) is 11.4. The number of amides is 1. The van der Waals surface area contributed by atoms with E-state index in [4.69, 9.17) is 21.3 Å². The van der Waals surface area contributed by atoms with E-state index >= 15 is 0 Å². The molecule has 0 radical (unpaired) electrons. The standard InChI is InChI=1S/C27H33ClN4O4/c1-17-11-23(26(34)29-18(17)2)27(35)32(9-10-36-3)15-21-12-20-6-7-22(28)13-24(20)30-25(21)31-8-4-5-19(14-31)16-33/h6-7,11-13,19,33H,4-5,8-10,14-16H2,1-3H3,(H,29,34). The minimum absolute atomic E-state index is 0.106. The van der Waals surface area contributed by atoms with Crippen LogP contribution in [0.3, 0.4) is 0 Å². The number of rotatable bonds is 8. The lowest BCUT2D eigenvalue weighted by Crippen LogP contribution is -2.40. The number of aromatic nitrogens is 2. The third-order valence-electron chi connectivity index (χ3n) is 6.85. The Morgan fingerprint density at radius 3 is 2.86 bits per heavy atom. The van der Waals surface area contributed by atoms with Crippen molar-refractivity contribution < 1.29 is 14.6 Å². The van der Waals surface area contributed by atoms with Crippen molar-refractivity contribution in [1.82, 2.24) is 14.9 Å². The monoisotopic (exact) mass is 512 g/mol. The Morgan fingerprint density at radius 1 is 1.31 bits per heavy atom. The van der Waals surface area contributed by atoms with Gasteiger partial charge in [-0.25, -0.2) is 4.98 Å². The number of methoxy groups -OCH3 is 1. The van der Waals surface area contributed by atoms with Gasteiger partial charge in [0.2, 0.25) is 0 Å². The Bertz CT molecular complexity index is 1310. The highest BCUT2D eigenvalue weighted by molar-refractivity contribution is 6.31. The number of piperidine rings is 1. The van der Waals surface area contributed by atoms with Crippen LogP contribution in [0, 0.1) is 19.8 Å². The Morgan fingerprint density at radius 2 is 2.11 bits per heavy atom. The fourth-order valence-electron chi connectivity index (χ4n) is 4.69. The minimum atomic E-state index is -0.404. The minimum Gasteiger partial charge on any atom is -0.396 e. The maximum Gasteiger partial charge on any atom is 0.261 e. The van der Waals surface area contributed by atoms with Crippen LogP contribution in [-0.4, -0.2) is 65.8 Å². The van der Waals surface area contributed by atoms with Gasteiger partial charge in [0, 0.05) is 61.6 Å². The Labute approximate surface area is 215 Å². The van der Waals surface area contributed by atoms with Crippen molar-refractivity contribution in [3.05, 3.63) is 68.1 Å². The molecule has 1 unspecified atom stereocenters. The van der Waals surface area contributed by atoms with Gasteiger partial charge in [0.25, 0.3) is 11.5 Å². The SMILES string of the molecule is COCCN(Cc1cc2ccc(Cl)cc2nc1N1CCCC(CO)C1)C(=O)c1cc(C)c(C)[nH]c1=O. The van der Waals surface area contributed by atoms with Crippen LogP contribution < -0.4 is 10.5 Å². The molecule has 0 saturated carbocycles. The van der Waals surface area contributed by atoms with Crippen molar-refractivity contribution >= 4 is 34.2 Å². The molecule has 0 aliphatic carbocycles. The zero-order chi connectivity index (χ0) is 25.8. The predicted octanol–water partition coefficient (Wildman–Crippen LogP) is 3.69. The number of anilines is 1. The van der Waals surface area contributed by atoms with E-state index in [-0.39, 0.29) is 30.5 Å². The number of benzene rings is 1. The van der Waals surface area contributed by atoms with Crippen LogP contribution in [0.1, 0.15) is 40.0 Å². The fourth-order valence-corrected chi connectivity index (χ4v) is 4.85. The van der Waals surface area contributed by atoms with Gasteiger partial charge in [0.15, 0.2) is 0 Å². The number of aryl methyl sites for hydroxylation is 2. The summed E-state index contributed by atoms with van der Waals surface area (Å²) >= 11 is 6.25. The van der Waals surface area contributed by atoms with E-state index in [0.717, 1.165) is 52.9 Å². The van der Waals surface area contributed by atoms with Gasteiger partial charge in [0.1, 0.15) is 11.4 Å². The molecule has 36 heavy (non-hydrogen) atoms. The molecule has 3 aromatic rings. The third kappa shape index (κ3) is 5.72. The molecule has 0 spiro atoms. The summed E-state index contributed by atoms with van der Waals surface area (Å²) in [5, 5.41) is 11.3. The first-order valence-corrected chi connectivity index (χ1v) is 12.6. The molecule has 1 aromatic carbocycles. The largest absolute Gasteiger partial charge is 0.396 e. The molecule has 1 aliphatic heterocycles. The van der Waals surface area contributed by atoms with Gasteiger partial charge < -0.3 is 24.6 Å². The molecule has 4 rings (SSSR count). The third-order valence-corrected chi connectivity index (χ3v) is 7.09. The van der Waals surface area contributed by atoms with Crippen molar-refractivity contribution in [2.75, 3.05) is 44.9 Å². The maximum atomic E-state index is 13.6. The number of hydrogen-bond donors (Lipinski definition) is 2. The fraction of sp³-hybridized carbons (Fsp3) is 0.444. The summed E-state index contributed by atoms with van der Waals surface area (Å²) in [6, 6.07) is 9.25. The number of aliphatic hydroxyl groups excluding tert-OH is 1. The van der Waals surface area contributed by atoms with E-state index in [1.165, 1.54) is 0 Å². The van der Waals surface area contributed by atoms with Crippen LogP contribution >= 0.6 is 11.6 Å².